The second-order valence-corrected chi connectivity index (χ2v) is 7.71. The molecular formula is C15H18F2N2O4S. The molecule has 2 aliphatic rings. The lowest BCUT2D eigenvalue weighted by Crippen LogP contribution is -2.50. The van der Waals surface area contributed by atoms with Gasteiger partial charge in [-0.15, -0.1) is 0 Å². The topological polar surface area (TPSA) is 66.9 Å². The molecule has 0 saturated carbocycles. The molecule has 132 valence electrons. The van der Waals surface area contributed by atoms with Crippen molar-refractivity contribution in [3.8, 4) is 0 Å². The summed E-state index contributed by atoms with van der Waals surface area (Å²) in [5.74, 6) is -0.983. The molecule has 1 aromatic rings. The van der Waals surface area contributed by atoms with E-state index in [9.17, 15) is 22.0 Å². The summed E-state index contributed by atoms with van der Waals surface area (Å²) in [5.41, 5.74) is 0. The van der Waals surface area contributed by atoms with E-state index in [0.717, 1.165) is 28.6 Å². The Morgan fingerprint density at radius 3 is 2.42 bits per heavy atom. The summed E-state index contributed by atoms with van der Waals surface area (Å²) >= 11 is 0. The fourth-order valence-electron chi connectivity index (χ4n) is 2.98. The SMILES string of the molecule is O=C([C@@H]1C[C@H](F)CN1S(=O)(=O)c1ccc(F)cc1)N1CCOCC1. The minimum Gasteiger partial charge on any atom is -0.378 e. The summed E-state index contributed by atoms with van der Waals surface area (Å²) in [7, 11) is -4.07. The highest BCUT2D eigenvalue weighted by Gasteiger charge is 2.45. The number of carbonyl (C=O) groups is 1. The van der Waals surface area contributed by atoms with E-state index < -0.39 is 34.0 Å². The highest BCUT2D eigenvalue weighted by molar-refractivity contribution is 7.89. The Morgan fingerprint density at radius 2 is 1.79 bits per heavy atom. The molecule has 0 unspecified atom stereocenters. The van der Waals surface area contributed by atoms with Crippen LogP contribution in [0.5, 0.6) is 0 Å². The Hall–Kier alpha value is -1.58. The van der Waals surface area contributed by atoms with Crippen LogP contribution in [0.4, 0.5) is 8.78 Å². The maximum atomic E-state index is 13.9. The number of alkyl halides is 1. The number of sulfonamides is 1. The zero-order valence-electron chi connectivity index (χ0n) is 12.9. The molecule has 0 bridgehead atoms. The second kappa shape index (κ2) is 6.73. The van der Waals surface area contributed by atoms with Gasteiger partial charge in [0.2, 0.25) is 15.9 Å². The summed E-state index contributed by atoms with van der Waals surface area (Å²) in [6.45, 7) is 1.10. The second-order valence-electron chi connectivity index (χ2n) is 5.82. The summed E-state index contributed by atoms with van der Waals surface area (Å²) in [6, 6.07) is 3.20. The lowest BCUT2D eigenvalue weighted by molar-refractivity contribution is -0.138. The molecule has 0 spiro atoms. The van der Waals surface area contributed by atoms with Gasteiger partial charge in [0.25, 0.3) is 0 Å². The number of morpholine rings is 1. The van der Waals surface area contributed by atoms with Gasteiger partial charge in [-0.05, 0) is 24.3 Å². The van der Waals surface area contributed by atoms with Crippen LogP contribution in [0.25, 0.3) is 0 Å². The molecule has 6 nitrogen and oxygen atoms in total. The number of hydrogen-bond acceptors (Lipinski definition) is 4. The van der Waals surface area contributed by atoms with Crippen LogP contribution in [-0.4, -0.2) is 68.6 Å². The molecule has 2 atom stereocenters. The zero-order chi connectivity index (χ0) is 17.3. The third-order valence-corrected chi connectivity index (χ3v) is 6.12. The Balaban J connectivity index is 1.86. The molecule has 0 radical (unpaired) electrons. The highest BCUT2D eigenvalue weighted by atomic mass is 32.2. The smallest absolute Gasteiger partial charge is 0.243 e. The summed E-state index contributed by atoms with van der Waals surface area (Å²) in [5, 5.41) is 0. The van der Waals surface area contributed by atoms with Crippen molar-refractivity contribution in [1.82, 2.24) is 9.21 Å². The van der Waals surface area contributed by atoms with E-state index >= 15 is 0 Å². The predicted octanol–water partition coefficient (Wildman–Crippen LogP) is 0.786. The van der Waals surface area contributed by atoms with E-state index in [1.165, 1.54) is 4.90 Å². The first-order chi connectivity index (χ1) is 11.4. The molecule has 3 rings (SSSR count). The lowest BCUT2D eigenvalue weighted by atomic mass is 10.2. The molecule has 9 heteroatoms. The van der Waals surface area contributed by atoms with Crippen LogP contribution in [0.2, 0.25) is 0 Å². The lowest BCUT2D eigenvalue weighted by Gasteiger charge is -2.32. The van der Waals surface area contributed by atoms with Gasteiger partial charge in [0.15, 0.2) is 0 Å². The monoisotopic (exact) mass is 360 g/mol. The molecule has 0 aliphatic carbocycles. The molecule has 2 fully saturated rings. The minimum atomic E-state index is -4.07. The Morgan fingerprint density at radius 1 is 1.17 bits per heavy atom. The molecule has 0 N–H and O–H groups in total. The van der Waals surface area contributed by atoms with Crippen molar-refractivity contribution in [2.75, 3.05) is 32.8 Å². The predicted molar refractivity (Wildman–Crippen MR) is 81.0 cm³/mol. The van der Waals surface area contributed by atoms with E-state index in [-0.39, 0.29) is 17.9 Å². The average Bonchev–Trinajstić information content (AvgIpc) is 2.98. The maximum Gasteiger partial charge on any atom is 0.243 e. The van der Waals surface area contributed by atoms with Crippen molar-refractivity contribution in [2.45, 2.75) is 23.5 Å². The molecule has 0 aromatic heterocycles. The van der Waals surface area contributed by atoms with Crippen LogP contribution in [0.1, 0.15) is 6.42 Å². The number of nitrogens with zero attached hydrogens (tertiary/aromatic N) is 2. The number of carbonyl (C=O) groups excluding carboxylic acids is 1. The van der Waals surface area contributed by atoms with Crippen LogP contribution in [-0.2, 0) is 19.6 Å². The quantitative estimate of drug-likeness (QED) is 0.799. The molecule has 2 saturated heterocycles. The van der Waals surface area contributed by atoms with Gasteiger partial charge >= 0.3 is 0 Å². The van der Waals surface area contributed by atoms with E-state index in [0.29, 0.717) is 26.3 Å². The largest absolute Gasteiger partial charge is 0.378 e. The van der Waals surface area contributed by atoms with Gasteiger partial charge in [0.1, 0.15) is 18.0 Å². The fraction of sp³-hybridized carbons (Fsp3) is 0.533. The minimum absolute atomic E-state index is 0.155. The van der Waals surface area contributed by atoms with E-state index in [2.05, 4.69) is 0 Å². The van der Waals surface area contributed by atoms with Crippen molar-refractivity contribution in [2.24, 2.45) is 0 Å². The van der Waals surface area contributed by atoms with Gasteiger partial charge in [-0.25, -0.2) is 17.2 Å². The average molecular weight is 360 g/mol. The van der Waals surface area contributed by atoms with Crippen molar-refractivity contribution >= 4 is 15.9 Å². The Kier molecular flexibility index (Phi) is 4.84. The Bertz CT molecular complexity index is 705. The molecular weight excluding hydrogens is 342 g/mol. The highest BCUT2D eigenvalue weighted by Crippen LogP contribution is 2.29. The van der Waals surface area contributed by atoms with Gasteiger partial charge in [-0.2, -0.15) is 4.31 Å². The van der Waals surface area contributed by atoms with Gasteiger partial charge in [0, 0.05) is 26.1 Å². The third kappa shape index (κ3) is 3.28. The first-order valence-electron chi connectivity index (χ1n) is 7.67. The number of rotatable bonds is 3. The number of benzene rings is 1. The van der Waals surface area contributed by atoms with Gasteiger partial charge in [0.05, 0.1) is 18.1 Å². The van der Waals surface area contributed by atoms with Crippen molar-refractivity contribution in [3.05, 3.63) is 30.1 Å². The zero-order valence-corrected chi connectivity index (χ0v) is 13.7. The van der Waals surface area contributed by atoms with Crippen molar-refractivity contribution < 1.29 is 26.7 Å². The number of halogens is 2. The fourth-order valence-corrected chi connectivity index (χ4v) is 4.60. The number of hydrogen-bond donors (Lipinski definition) is 0. The van der Waals surface area contributed by atoms with E-state index in [1.807, 2.05) is 0 Å². The van der Waals surface area contributed by atoms with Crippen LogP contribution in [0.3, 0.4) is 0 Å². The molecule has 2 heterocycles. The standard InChI is InChI=1S/C15H18F2N2O4S/c16-11-1-3-13(4-2-11)24(21,22)19-10-12(17)9-14(19)15(20)18-5-7-23-8-6-18/h1-4,12,14H,5-10H2/t12-,14-/m0/s1. The Labute approximate surface area is 139 Å². The normalized spacial score (nSPS) is 25.8. The van der Waals surface area contributed by atoms with Crippen LogP contribution < -0.4 is 0 Å². The van der Waals surface area contributed by atoms with E-state index in [1.54, 1.807) is 0 Å². The molecule has 2 aliphatic heterocycles. The van der Waals surface area contributed by atoms with Crippen LogP contribution in [0, 0.1) is 5.82 Å². The summed E-state index contributed by atoms with van der Waals surface area (Å²) in [4.78, 5) is 14.0. The molecule has 24 heavy (non-hydrogen) atoms. The van der Waals surface area contributed by atoms with Gasteiger partial charge in [-0.3, -0.25) is 4.79 Å². The number of amides is 1. The molecule has 1 amide bonds. The van der Waals surface area contributed by atoms with E-state index in [4.69, 9.17) is 4.74 Å². The maximum absolute atomic E-state index is 13.9. The third-order valence-electron chi connectivity index (χ3n) is 4.23. The first kappa shape index (κ1) is 17.2. The van der Waals surface area contributed by atoms with Crippen LogP contribution in [0.15, 0.2) is 29.2 Å². The van der Waals surface area contributed by atoms with Crippen LogP contribution >= 0.6 is 0 Å². The van der Waals surface area contributed by atoms with Gasteiger partial charge < -0.3 is 9.64 Å². The molecule has 1 aromatic carbocycles. The van der Waals surface area contributed by atoms with Crippen molar-refractivity contribution in [1.29, 1.82) is 0 Å². The summed E-state index contributed by atoms with van der Waals surface area (Å²) < 4.78 is 58.4. The number of ether oxygens (including phenoxy) is 1. The first-order valence-corrected chi connectivity index (χ1v) is 9.11. The summed E-state index contributed by atoms with van der Waals surface area (Å²) in [6.07, 6.45) is -1.58. The van der Waals surface area contributed by atoms with Crippen molar-refractivity contribution in [3.63, 3.8) is 0 Å². The van der Waals surface area contributed by atoms with Gasteiger partial charge in [-0.1, -0.05) is 0 Å².